The maximum atomic E-state index is 12.4. The molecule has 9 heteroatoms. The van der Waals surface area contributed by atoms with Gasteiger partial charge < -0.3 is 15.2 Å². The van der Waals surface area contributed by atoms with Gasteiger partial charge in [-0.3, -0.25) is 20.0 Å². The fourth-order valence-corrected chi connectivity index (χ4v) is 4.04. The molecule has 0 radical (unpaired) electrons. The van der Waals surface area contributed by atoms with Crippen molar-refractivity contribution in [3.8, 4) is 11.1 Å². The summed E-state index contributed by atoms with van der Waals surface area (Å²) in [5.74, 6) is -1.51. The molecule has 0 unspecified atom stereocenters. The molecule has 0 saturated carbocycles. The number of aromatic nitrogens is 2. The molecule has 0 aliphatic heterocycles. The Morgan fingerprint density at radius 2 is 1.67 bits per heavy atom. The summed E-state index contributed by atoms with van der Waals surface area (Å²) < 4.78 is 5.47. The van der Waals surface area contributed by atoms with Gasteiger partial charge in [-0.1, -0.05) is 48.5 Å². The number of hydrogen-bond donors (Lipinski definition) is 4. The van der Waals surface area contributed by atoms with Crippen LogP contribution in [0.15, 0.2) is 54.6 Å². The first-order chi connectivity index (χ1) is 15.7. The minimum Gasteiger partial charge on any atom is -0.481 e. The predicted molar refractivity (Wildman–Crippen MR) is 121 cm³/mol. The second-order valence-electron chi connectivity index (χ2n) is 8.53. The van der Waals surface area contributed by atoms with E-state index in [1.54, 1.807) is 13.8 Å². The van der Waals surface area contributed by atoms with Crippen LogP contribution in [0.5, 0.6) is 0 Å². The molecular weight excluding hydrogens is 424 g/mol. The lowest BCUT2D eigenvalue weighted by Gasteiger charge is -2.23. The average Bonchev–Trinajstić information content (AvgIpc) is 3.34. The zero-order valence-electron chi connectivity index (χ0n) is 18.2. The van der Waals surface area contributed by atoms with Crippen LogP contribution in [0.2, 0.25) is 0 Å². The maximum absolute atomic E-state index is 12.4. The third-order valence-corrected chi connectivity index (χ3v) is 5.44. The maximum Gasteiger partial charge on any atom is 0.412 e. The summed E-state index contributed by atoms with van der Waals surface area (Å²) in [4.78, 5) is 35.6. The van der Waals surface area contributed by atoms with E-state index in [9.17, 15) is 14.4 Å². The van der Waals surface area contributed by atoms with Crippen molar-refractivity contribution in [1.82, 2.24) is 15.5 Å². The van der Waals surface area contributed by atoms with Crippen molar-refractivity contribution in [2.75, 3.05) is 11.9 Å². The molecule has 2 amide bonds. The number of carboxylic acid groups (broad SMARTS) is 1. The predicted octanol–water partition coefficient (Wildman–Crippen LogP) is 3.75. The summed E-state index contributed by atoms with van der Waals surface area (Å²) in [7, 11) is 0. The van der Waals surface area contributed by atoms with Gasteiger partial charge in [-0.15, -0.1) is 0 Å². The van der Waals surface area contributed by atoms with E-state index in [0.29, 0.717) is 0 Å². The number of nitrogens with one attached hydrogen (secondary N) is 3. The molecule has 33 heavy (non-hydrogen) atoms. The molecule has 1 aliphatic carbocycles. The SMILES string of the molecule is CC(C)(CC(=O)O)NC(=O)c1cc(NC(=O)OCC2c3ccccc3-c3ccccc32)n[nH]1. The highest BCUT2D eigenvalue weighted by Crippen LogP contribution is 2.44. The molecule has 2 aromatic carbocycles. The molecule has 0 fully saturated rings. The summed E-state index contributed by atoms with van der Waals surface area (Å²) in [5.41, 5.74) is 3.62. The van der Waals surface area contributed by atoms with Crippen LogP contribution >= 0.6 is 0 Å². The third kappa shape index (κ3) is 4.87. The number of amides is 2. The van der Waals surface area contributed by atoms with Gasteiger partial charge in [0.05, 0.1) is 6.42 Å². The van der Waals surface area contributed by atoms with E-state index < -0.39 is 23.5 Å². The number of carboxylic acids is 1. The summed E-state index contributed by atoms with van der Waals surface area (Å²) in [6, 6.07) is 17.4. The molecule has 170 valence electrons. The fourth-order valence-electron chi connectivity index (χ4n) is 4.04. The standard InChI is InChI=1S/C24H24N4O5/c1-24(2,12-21(29)30)26-22(31)19-11-20(28-27-19)25-23(32)33-13-18-16-9-5-3-7-14(16)15-8-4-6-10-17(15)18/h3-11,18H,12-13H2,1-2H3,(H,26,31)(H,29,30)(H2,25,27,28,32). The number of hydrogen-bond acceptors (Lipinski definition) is 5. The molecule has 0 atom stereocenters. The van der Waals surface area contributed by atoms with Gasteiger partial charge in [-0.25, -0.2) is 4.79 Å². The second-order valence-corrected chi connectivity index (χ2v) is 8.53. The minimum absolute atomic E-state index is 0.0693. The highest BCUT2D eigenvalue weighted by molar-refractivity contribution is 5.95. The number of carbonyl (C=O) groups is 3. The number of H-pyrrole nitrogens is 1. The van der Waals surface area contributed by atoms with Crippen molar-refractivity contribution < 1.29 is 24.2 Å². The number of aliphatic carboxylic acids is 1. The largest absolute Gasteiger partial charge is 0.481 e. The van der Waals surface area contributed by atoms with Gasteiger partial charge >= 0.3 is 12.1 Å². The third-order valence-electron chi connectivity index (χ3n) is 5.44. The Morgan fingerprint density at radius 1 is 1.06 bits per heavy atom. The quantitative estimate of drug-likeness (QED) is 0.435. The van der Waals surface area contributed by atoms with Gasteiger partial charge in [0.25, 0.3) is 5.91 Å². The Morgan fingerprint density at radius 3 is 2.27 bits per heavy atom. The van der Waals surface area contributed by atoms with E-state index in [2.05, 4.69) is 33.0 Å². The average molecular weight is 448 g/mol. The van der Waals surface area contributed by atoms with Crippen LogP contribution in [0.3, 0.4) is 0 Å². The summed E-state index contributed by atoms with van der Waals surface area (Å²) >= 11 is 0. The number of rotatable bonds is 7. The molecule has 0 saturated heterocycles. The molecule has 1 aliphatic rings. The smallest absolute Gasteiger partial charge is 0.412 e. The molecular formula is C24H24N4O5. The van der Waals surface area contributed by atoms with E-state index in [0.717, 1.165) is 22.3 Å². The second kappa shape index (κ2) is 8.78. The Hall–Kier alpha value is -4.14. The fraction of sp³-hybridized carbons (Fsp3) is 0.250. The van der Waals surface area contributed by atoms with Crippen molar-refractivity contribution >= 4 is 23.8 Å². The summed E-state index contributed by atoms with van der Waals surface area (Å²) in [6.45, 7) is 3.36. The molecule has 1 heterocycles. The van der Waals surface area contributed by atoms with Crippen LogP contribution in [-0.2, 0) is 9.53 Å². The van der Waals surface area contributed by atoms with Gasteiger partial charge in [-0.2, -0.15) is 5.10 Å². The molecule has 4 rings (SSSR count). The lowest BCUT2D eigenvalue weighted by atomic mass is 9.98. The van der Waals surface area contributed by atoms with Crippen LogP contribution in [0.4, 0.5) is 10.6 Å². The molecule has 4 N–H and O–H groups in total. The summed E-state index contributed by atoms with van der Waals surface area (Å²) in [5, 5.41) is 20.5. The van der Waals surface area contributed by atoms with Crippen LogP contribution in [0.25, 0.3) is 11.1 Å². The van der Waals surface area contributed by atoms with Crippen LogP contribution in [-0.4, -0.2) is 45.4 Å². The van der Waals surface area contributed by atoms with Crippen LogP contribution in [0.1, 0.15) is 47.8 Å². The van der Waals surface area contributed by atoms with E-state index in [-0.39, 0.29) is 30.5 Å². The van der Waals surface area contributed by atoms with Crippen molar-refractivity contribution in [2.45, 2.75) is 31.7 Å². The van der Waals surface area contributed by atoms with Crippen LogP contribution < -0.4 is 10.6 Å². The number of nitrogens with zero attached hydrogens (tertiary/aromatic N) is 1. The van der Waals surface area contributed by atoms with Gasteiger partial charge in [-0.05, 0) is 36.1 Å². The monoisotopic (exact) mass is 448 g/mol. The first-order valence-electron chi connectivity index (χ1n) is 10.5. The van der Waals surface area contributed by atoms with Crippen molar-refractivity contribution in [3.63, 3.8) is 0 Å². The first kappa shape index (κ1) is 22.1. The lowest BCUT2D eigenvalue weighted by Crippen LogP contribution is -2.45. The molecule has 9 nitrogen and oxygen atoms in total. The topological polar surface area (TPSA) is 133 Å². The Balaban J connectivity index is 1.36. The number of fused-ring (bicyclic) bond motifs is 3. The highest BCUT2D eigenvalue weighted by Gasteiger charge is 2.29. The van der Waals surface area contributed by atoms with Gasteiger partial charge in [0.15, 0.2) is 5.82 Å². The molecule has 3 aromatic rings. The summed E-state index contributed by atoms with van der Waals surface area (Å²) in [6.07, 6.45) is -0.931. The number of benzene rings is 2. The number of ether oxygens (including phenoxy) is 1. The van der Waals surface area contributed by atoms with E-state index in [1.807, 2.05) is 36.4 Å². The number of anilines is 1. The lowest BCUT2D eigenvalue weighted by molar-refractivity contribution is -0.138. The molecule has 1 aromatic heterocycles. The highest BCUT2D eigenvalue weighted by atomic mass is 16.5. The van der Waals surface area contributed by atoms with Gasteiger partial charge in [0.1, 0.15) is 12.3 Å². The molecule has 0 spiro atoms. The number of carbonyl (C=O) groups excluding carboxylic acids is 2. The Kier molecular flexibility index (Phi) is 5.87. The molecule has 0 bridgehead atoms. The van der Waals surface area contributed by atoms with Crippen LogP contribution in [0, 0.1) is 0 Å². The number of aromatic amines is 1. The van der Waals surface area contributed by atoms with E-state index in [1.165, 1.54) is 6.07 Å². The zero-order chi connectivity index (χ0) is 23.6. The van der Waals surface area contributed by atoms with Gasteiger partial charge in [0, 0.05) is 17.5 Å². The Labute approximate surface area is 190 Å². The van der Waals surface area contributed by atoms with Crippen molar-refractivity contribution in [1.29, 1.82) is 0 Å². The zero-order valence-corrected chi connectivity index (χ0v) is 18.2. The Bertz CT molecular complexity index is 1170. The van der Waals surface area contributed by atoms with Crippen molar-refractivity contribution in [3.05, 3.63) is 71.4 Å². The van der Waals surface area contributed by atoms with Gasteiger partial charge in [0.2, 0.25) is 0 Å². The first-order valence-corrected chi connectivity index (χ1v) is 10.5. The van der Waals surface area contributed by atoms with Crippen molar-refractivity contribution in [2.24, 2.45) is 0 Å². The minimum atomic E-state index is -1.03. The van der Waals surface area contributed by atoms with E-state index >= 15 is 0 Å². The van der Waals surface area contributed by atoms with E-state index in [4.69, 9.17) is 9.84 Å². The normalized spacial score (nSPS) is 12.5.